The molecular weight excluding hydrogens is 281 g/mol. The fourth-order valence-corrected chi connectivity index (χ4v) is 1.83. The zero-order valence-corrected chi connectivity index (χ0v) is 10.1. The number of nitrogens with one attached hydrogen (secondary N) is 1. The predicted octanol–water partition coefficient (Wildman–Crippen LogP) is 2.12. The Labute approximate surface area is 99.6 Å². The number of nitrogens with zero attached hydrogens (tertiary/aromatic N) is 4. The molecule has 0 atom stereocenters. The lowest BCUT2D eigenvalue weighted by Gasteiger charge is -2.06. The average molecular weight is 289 g/mol. The summed E-state index contributed by atoms with van der Waals surface area (Å²) in [6.45, 7) is 0. The standard InChI is InChI=1S/C8H7BrClN5/c1-11-7-6(9)8(13-4-12-7)15-3-5(10)2-14-15/h2-4H,1H3,(H,11,12,13). The summed E-state index contributed by atoms with van der Waals surface area (Å²) in [4.78, 5) is 8.16. The molecule has 0 spiro atoms. The highest BCUT2D eigenvalue weighted by molar-refractivity contribution is 9.10. The maximum atomic E-state index is 5.78. The van der Waals surface area contributed by atoms with Gasteiger partial charge in [-0.05, 0) is 15.9 Å². The second-order valence-corrected chi connectivity index (χ2v) is 3.94. The van der Waals surface area contributed by atoms with Crippen molar-refractivity contribution >= 4 is 33.3 Å². The van der Waals surface area contributed by atoms with Crippen LogP contribution in [0.15, 0.2) is 23.2 Å². The van der Waals surface area contributed by atoms with Gasteiger partial charge in [0.15, 0.2) is 5.82 Å². The molecule has 0 bridgehead atoms. The quantitative estimate of drug-likeness (QED) is 0.919. The van der Waals surface area contributed by atoms with Gasteiger partial charge in [0.25, 0.3) is 0 Å². The van der Waals surface area contributed by atoms with Gasteiger partial charge < -0.3 is 5.32 Å². The summed E-state index contributed by atoms with van der Waals surface area (Å²) < 4.78 is 2.32. The van der Waals surface area contributed by atoms with Crippen LogP contribution in [-0.4, -0.2) is 26.8 Å². The van der Waals surface area contributed by atoms with Crippen LogP contribution in [0.5, 0.6) is 0 Å². The van der Waals surface area contributed by atoms with Crippen molar-refractivity contribution < 1.29 is 0 Å². The maximum absolute atomic E-state index is 5.78. The number of aromatic nitrogens is 4. The summed E-state index contributed by atoms with van der Waals surface area (Å²) in [5, 5.41) is 7.56. The molecule has 15 heavy (non-hydrogen) atoms. The molecule has 0 fully saturated rings. The third kappa shape index (κ3) is 1.95. The molecule has 1 N–H and O–H groups in total. The molecule has 2 aromatic rings. The lowest BCUT2D eigenvalue weighted by atomic mass is 10.5. The van der Waals surface area contributed by atoms with Crippen LogP contribution >= 0.6 is 27.5 Å². The third-order valence-corrected chi connectivity index (χ3v) is 2.70. The van der Waals surface area contributed by atoms with Crippen molar-refractivity contribution in [2.45, 2.75) is 0 Å². The highest BCUT2D eigenvalue weighted by Gasteiger charge is 2.09. The molecule has 0 aliphatic carbocycles. The van der Waals surface area contributed by atoms with Crippen LogP contribution in [0.1, 0.15) is 0 Å². The third-order valence-electron chi connectivity index (χ3n) is 1.78. The molecule has 5 nitrogen and oxygen atoms in total. The second-order valence-electron chi connectivity index (χ2n) is 2.71. The Bertz CT molecular complexity index is 484. The molecule has 0 aromatic carbocycles. The predicted molar refractivity (Wildman–Crippen MR) is 61.4 cm³/mol. The van der Waals surface area contributed by atoms with E-state index in [-0.39, 0.29) is 0 Å². The topological polar surface area (TPSA) is 55.6 Å². The molecule has 78 valence electrons. The van der Waals surface area contributed by atoms with E-state index >= 15 is 0 Å². The Hall–Kier alpha value is -1.14. The molecular formula is C8H7BrClN5. The van der Waals surface area contributed by atoms with Crippen LogP contribution in [0.3, 0.4) is 0 Å². The van der Waals surface area contributed by atoms with Crippen LogP contribution in [0, 0.1) is 0 Å². The Balaban J connectivity index is 2.53. The smallest absolute Gasteiger partial charge is 0.173 e. The van der Waals surface area contributed by atoms with Crippen LogP contribution in [0.2, 0.25) is 5.02 Å². The average Bonchev–Trinajstić information content (AvgIpc) is 2.65. The van der Waals surface area contributed by atoms with Gasteiger partial charge in [-0.2, -0.15) is 5.10 Å². The monoisotopic (exact) mass is 287 g/mol. The first kappa shape index (κ1) is 10.4. The summed E-state index contributed by atoms with van der Waals surface area (Å²) in [5.74, 6) is 1.34. The number of hydrogen-bond acceptors (Lipinski definition) is 4. The van der Waals surface area contributed by atoms with Gasteiger partial charge in [0, 0.05) is 7.05 Å². The highest BCUT2D eigenvalue weighted by Crippen LogP contribution is 2.25. The maximum Gasteiger partial charge on any atom is 0.173 e. The van der Waals surface area contributed by atoms with E-state index in [9.17, 15) is 0 Å². The van der Waals surface area contributed by atoms with E-state index in [4.69, 9.17) is 11.6 Å². The molecule has 0 saturated carbocycles. The summed E-state index contributed by atoms with van der Waals surface area (Å²) in [6.07, 6.45) is 4.69. The van der Waals surface area contributed by atoms with Gasteiger partial charge in [-0.25, -0.2) is 14.6 Å². The van der Waals surface area contributed by atoms with Gasteiger partial charge in [-0.3, -0.25) is 0 Å². The van der Waals surface area contributed by atoms with Crippen LogP contribution in [0.4, 0.5) is 5.82 Å². The van der Waals surface area contributed by atoms with Crippen molar-refractivity contribution in [3.63, 3.8) is 0 Å². The molecule has 0 amide bonds. The fourth-order valence-electron chi connectivity index (χ4n) is 1.11. The van der Waals surface area contributed by atoms with Gasteiger partial charge in [-0.1, -0.05) is 11.6 Å². The van der Waals surface area contributed by atoms with Crippen LogP contribution < -0.4 is 5.32 Å². The number of halogens is 2. The van der Waals surface area contributed by atoms with E-state index in [2.05, 4.69) is 36.3 Å². The van der Waals surface area contributed by atoms with E-state index in [1.165, 1.54) is 6.33 Å². The lowest BCUT2D eigenvalue weighted by Crippen LogP contribution is -2.03. The molecule has 7 heteroatoms. The zero-order valence-electron chi connectivity index (χ0n) is 7.78. The molecule has 2 aromatic heterocycles. The molecule has 0 aliphatic heterocycles. The minimum atomic E-state index is 0.562. The van der Waals surface area contributed by atoms with Crippen LogP contribution in [0.25, 0.3) is 5.82 Å². The van der Waals surface area contributed by atoms with Gasteiger partial charge >= 0.3 is 0 Å². The first-order chi connectivity index (χ1) is 7.22. The summed E-state index contributed by atoms with van der Waals surface area (Å²) in [6, 6.07) is 0. The van der Waals surface area contributed by atoms with Gasteiger partial charge in [-0.15, -0.1) is 0 Å². The number of hydrogen-bond donors (Lipinski definition) is 1. The molecule has 0 radical (unpaired) electrons. The van der Waals surface area contributed by atoms with Gasteiger partial charge in [0.05, 0.1) is 17.4 Å². The largest absolute Gasteiger partial charge is 0.372 e. The van der Waals surface area contributed by atoms with E-state index in [0.29, 0.717) is 16.7 Å². The summed E-state index contributed by atoms with van der Waals surface area (Å²) in [7, 11) is 1.78. The SMILES string of the molecule is CNc1ncnc(-n2cc(Cl)cn2)c1Br. The molecule has 0 aliphatic rings. The Morgan fingerprint density at radius 3 is 2.87 bits per heavy atom. The Morgan fingerprint density at radius 1 is 1.47 bits per heavy atom. The molecule has 2 heterocycles. The first-order valence-corrected chi connectivity index (χ1v) is 5.28. The van der Waals surface area contributed by atoms with E-state index < -0.39 is 0 Å². The fraction of sp³-hybridized carbons (Fsp3) is 0.125. The van der Waals surface area contributed by atoms with Crippen molar-refractivity contribution in [3.8, 4) is 5.82 Å². The normalized spacial score (nSPS) is 10.3. The van der Waals surface area contributed by atoms with Gasteiger partial charge in [0.2, 0.25) is 0 Å². The minimum absolute atomic E-state index is 0.562. The lowest BCUT2D eigenvalue weighted by molar-refractivity contribution is 0.834. The minimum Gasteiger partial charge on any atom is -0.372 e. The second kappa shape index (κ2) is 4.16. The van der Waals surface area contributed by atoms with Crippen molar-refractivity contribution in [1.82, 2.24) is 19.7 Å². The Morgan fingerprint density at radius 2 is 2.27 bits per heavy atom. The Kier molecular flexibility index (Phi) is 2.88. The first-order valence-electron chi connectivity index (χ1n) is 4.11. The number of rotatable bonds is 2. The molecule has 0 saturated heterocycles. The summed E-state index contributed by atoms with van der Waals surface area (Å²) >= 11 is 9.17. The zero-order chi connectivity index (χ0) is 10.8. The van der Waals surface area contributed by atoms with E-state index in [1.54, 1.807) is 24.1 Å². The number of anilines is 1. The van der Waals surface area contributed by atoms with Crippen molar-refractivity contribution in [2.75, 3.05) is 12.4 Å². The van der Waals surface area contributed by atoms with Crippen molar-refractivity contribution in [2.24, 2.45) is 0 Å². The van der Waals surface area contributed by atoms with Crippen molar-refractivity contribution in [1.29, 1.82) is 0 Å². The van der Waals surface area contributed by atoms with Crippen LogP contribution in [-0.2, 0) is 0 Å². The van der Waals surface area contributed by atoms with E-state index in [1.807, 2.05) is 0 Å². The summed E-state index contributed by atoms with van der Waals surface area (Å²) in [5.41, 5.74) is 0. The van der Waals surface area contributed by atoms with Gasteiger partial charge in [0.1, 0.15) is 16.6 Å². The molecule has 2 rings (SSSR count). The highest BCUT2D eigenvalue weighted by atomic mass is 79.9. The van der Waals surface area contributed by atoms with E-state index in [0.717, 1.165) is 4.47 Å². The van der Waals surface area contributed by atoms with Crippen molar-refractivity contribution in [3.05, 3.63) is 28.2 Å². The molecule has 0 unspecified atom stereocenters.